The van der Waals surface area contributed by atoms with Crippen LogP contribution in [0, 0.1) is 0 Å². The lowest BCUT2D eigenvalue weighted by Crippen LogP contribution is -2.06. The molecule has 0 aromatic rings. The molecule has 0 bridgehead atoms. The molecule has 0 aliphatic carbocycles. The highest BCUT2D eigenvalue weighted by Crippen LogP contribution is 2.12. The van der Waals surface area contributed by atoms with Gasteiger partial charge in [0.2, 0.25) is 0 Å². The quantitative estimate of drug-likeness (QED) is 0.169. The van der Waals surface area contributed by atoms with Crippen LogP contribution in [-0.2, 0) is 9.68 Å². The largest absolute Gasteiger partial charge is 0.481 e. The topological polar surface area (TPSA) is 66.8 Å². The van der Waals surface area contributed by atoms with E-state index in [2.05, 4.69) is 11.8 Å². The summed E-state index contributed by atoms with van der Waals surface area (Å²) in [6.45, 7) is 2.22. The van der Waals surface area contributed by atoms with Crippen molar-refractivity contribution < 1.29 is 20.0 Å². The van der Waals surface area contributed by atoms with Crippen molar-refractivity contribution in [1.82, 2.24) is 0 Å². The van der Waals surface area contributed by atoms with Crippen LogP contribution in [0.5, 0.6) is 0 Å². The second kappa shape index (κ2) is 16.5. The van der Waals surface area contributed by atoms with E-state index in [1.165, 1.54) is 38.5 Å². The third-order valence-corrected chi connectivity index (χ3v) is 3.84. The van der Waals surface area contributed by atoms with Gasteiger partial charge in [0, 0.05) is 6.42 Å². The van der Waals surface area contributed by atoms with Crippen LogP contribution in [-0.4, -0.2) is 22.4 Å². The minimum absolute atomic E-state index is 0.199. The van der Waals surface area contributed by atoms with Crippen molar-refractivity contribution in [3.8, 4) is 0 Å². The molecule has 0 heterocycles. The summed E-state index contributed by atoms with van der Waals surface area (Å²) < 4.78 is 0. The van der Waals surface area contributed by atoms with Crippen LogP contribution < -0.4 is 0 Å². The molecule has 0 aliphatic heterocycles. The number of hydrogen-bond donors (Lipinski definition) is 2. The van der Waals surface area contributed by atoms with Gasteiger partial charge in [0.15, 0.2) is 0 Å². The van der Waals surface area contributed by atoms with Crippen LogP contribution in [0.2, 0.25) is 0 Å². The van der Waals surface area contributed by atoms with Crippen molar-refractivity contribution in [3.05, 3.63) is 12.2 Å². The number of carbonyl (C=O) groups is 1. The maximum absolute atomic E-state index is 10.4. The molecule has 0 radical (unpaired) electrons. The van der Waals surface area contributed by atoms with E-state index in [1.54, 1.807) is 0 Å². The molecule has 1 unspecified atom stereocenters. The first-order chi connectivity index (χ1) is 10.7. The van der Waals surface area contributed by atoms with Gasteiger partial charge >= 0.3 is 5.97 Å². The van der Waals surface area contributed by atoms with Crippen LogP contribution in [0.15, 0.2) is 12.2 Å². The standard InChI is InChI=1S/C18H34O4/c1-2-3-4-5-6-8-11-14-17(22-21)15-12-9-7-10-13-16-18(19)20/h12,15,17,21H,2-11,13-14,16H2,1H3,(H,19,20)/b15-12+. The Balaban J connectivity index is 3.48. The van der Waals surface area contributed by atoms with Gasteiger partial charge in [-0.3, -0.25) is 10.1 Å². The average Bonchev–Trinajstić information content (AvgIpc) is 2.50. The number of rotatable bonds is 16. The van der Waals surface area contributed by atoms with E-state index in [-0.39, 0.29) is 12.5 Å². The zero-order valence-electron chi connectivity index (χ0n) is 14.1. The summed E-state index contributed by atoms with van der Waals surface area (Å²) in [5, 5.41) is 17.4. The zero-order valence-corrected chi connectivity index (χ0v) is 14.1. The highest BCUT2D eigenvalue weighted by atomic mass is 17.1. The summed E-state index contributed by atoms with van der Waals surface area (Å²) in [5.74, 6) is -0.723. The SMILES string of the molecule is CCCCCCCCCC(/C=C/CCCCCC(=O)O)OO. The lowest BCUT2D eigenvalue weighted by molar-refractivity contribution is -0.267. The Kier molecular flexibility index (Phi) is 15.8. The van der Waals surface area contributed by atoms with Crippen molar-refractivity contribution in [1.29, 1.82) is 0 Å². The molecule has 1 atom stereocenters. The average molecular weight is 314 g/mol. The van der Waals surface area contributed by atoms with Crippen LogP contribution in [0.25, 0.3) is 0 Å². The van der Waals surface area contributed by atoms with E-state index >= 15 is 0 Å². The van der Waals surface area contributed by atoms with Crippen LogP contribution in [0.4, 0.5) is 0 Å². The molecule has 0 saturated carbocycles. The van der Waals surface area contributed by atoms with E-state index in [0.717, 1.165) is 38.5 Å². The maximum Gasteiger partial charge on any atom is 0.303 e. The van der Waals surface area contributed by atoms with E-state index in [1.807, 2.05) is 12.2 Å². The summed E-state index contributed by atoms with van der Waals surface area (Å²) in [4.78, 5) is 14.8. The fraction of sp³-hybridized carbons (Fsp3) is 0.833. The molecule has 130 valence electrons. The minimum atomic E-state index is -0.723. The molecule has 0 rings (SSSR count). The Morgan fingerprint density at radius 3 is 2.27 bits per heavy atom. The van der Waals surface area contributed by atoms with Crippen LogP contribution >= 0.6 is 0 Å². The molecule has 0 aliphatic rings. The first-order valence-electron chi connectivity index (χ1n) is 8.89. The lowest BCUT2D eigenvalue weighted by atomic mass is 10.1. The fourth-order valence-corrected chi connectivity index (χ4v) is 2.45. The Morgan fingerprint density at radius 1 is 1.00 bits per heavy atom. The van der Waals surface area contributed by atoms with Crippen LogP contribution in [0.1, 0.15) is 90.4 Å². The highest BCUT2D eigenvalue weighted by Gasteiger charge is 2.04. The highest BCUT2D eigenvalue weighted by molar-refractivity contribution is 5.66. The van der Waals surface area contributed by atoms with Crippen molar-refractivity contribution in [3.63, 3.8) is 0 Å². The lowest BCUT2D eigenvalue weighted by Gasteiger charge is -2.08. The molecule has 2 N–H and O–H groups in total. The molecule has 0 aromatic heterocycles. The van der Waals surface area contributed by atoms with Crippen molar-refractivity contribution in [2.45, 2.75) is 96.5 Å². The Hall–Kier alpha value is -0.870. The first kappa shape index (κ1) is 21.1. The van der Waals surface area contributed by atoms with Gasteiger partial charge < -0.3 is 5.11 Å². The van der Waals surface area contributed by atoms with E-state index < -0.39 is 5.97 Å². The molecule has 22 heavy (non-hydrogen) atoms. The Morgan fingerprint density at radius 2 is 1.64 bits per heavy atom. The van der Waals surface area contributed by atoms with Gasteiger partial charge in [-0.2, -0.15) is 0 Å². The van der Waals surface area contributed by atoms with Gasteiger partial charge in [0.05, 0.1) is 0 Å². The molecule has 0 aromatic carbocycles. The van der Waals surface area contributed by atoms with Gasteiger partial charge in [-0.25, -0.2) is 4.89 Å². The van der Waals surface area contributed by atoms with E-state index in [0.29, 0.717) is 0 Å². The summed E-state index contributed by atoms with van der Waals surface area (Å²) >= 11 is 0. The fourth-order valence-electron chi connectivity index (χ4n) is 2.45. The molecule has 4 heteroatoms. The van der Waals surface area contributed by atoms with Gasteiger partial charge in [0.25, 0.3) is 0 Å². The van der Waals surface area contributed by atoms with Crippen molar-refractivity contribution >= 4 is 5.97 Å². The zero-order chi connectivity index (χ0) is 16.5. The van der Waals surface area contributed by atoms with E-state index in [4.69, 9.17) is 10.4 Å². The summed E-state index contributed by atoms with van der Waals surface area (Å²) in [7, 11) is 0. The molecule has 4 nitrogen and oxygen atoms in total. The van der Waals surface area contributed by atoms with Gasteiger partial charge in [-0.1, -0.05) is 70.4 Å². The predicted molar refractivity (Wildman–Crippen MR) is 90.0 cm³/mol. The predicted octanol–water partition coefficient (Wildman–Crippen LogP) is 5.58. The minimum Gasteiger partial charge on any atom is -0.481 e. The number of allylic oxidation sites excluding steroid dienone is 1. The molecule has 0 fully saturated rings. The van der Waals surface area contributed by atoms with Gasteiger partial charge in [0.1, 0.15) is 6.10 Å². The Labute approximate surface area is 135 Å². The molecular formula is C18H34O4. The summed E-state index contributed by atoms with van der Waals surface area (Å²) in [6, 6.07) is 0. The molecular weight excluding hydrogens is 280 g/mol. The van der Waals surface area contributed by atoms with Crippen molar-refractivity contribution in [2.24, 2.45) is 0 Å². The summed E-state index contributed by atoms with van der Waals surface area (Å²) in [5.41, 5.74) is 0. The molecule has 0 spiro atoms. The Bertz CT molecular complexity index is 276. The third kappa shape index (κ3) is 15.5. The van der Waals surface area contributed by atoms with Crippen LogP contribution in [0.3, 0.4) is 0 Å². The number of carboxylic acid groups (broad SMARTS) is 1. The normalized spacial score (nSPS) is 12.8. The molecule has 0 amide bonds. The second-order valence-electron chi connectivity index (χ2n) is 5.98. The third-order valence-electron chi connectivity index (χ3n) is 3.84. The number of hydrogen-bond acceptors (Lipinski definition) is 3. The van der Waals surface area contributed by atoms with Gasteiger partial charge in [-0.05, 0) is 25.7 Å². The monoisotopic (exact) mass is 314 g/mol. The van der Waals surface area contributed by atoms with E-state index in [9.17, 15) is 4.79 Å². The summed E-state index contributed by atoms with van der Waals surface area (Å²) in [6.07, 6.45) is 17.2. The maximum atomic E-state index is 10.4. The van der Waals surface area contributed by atoms with Crippen molar-refractivity contribution in [2.75, 3.05) is 0 Å². The number of unbranched alkanes of at least 4 members (excludes halogenated alkanes) is 9. The molecule has 0 saturated heterocycles. The second-order valence-corrected chi connectivity index (χ2v) is 5.98. The number of aliphatic carboxylic acids is 1. The smallest absolute Gasteiger partial charge is 0.303 e. The number of carboxylic acids is 1. The van der Waals surface area contributed by atoms with Gasteiger partial charge in [-0.15, -0.1) is 0 Å². The first-order valence-corrected chi connectivity index (χ1v) is 8.89.